The van der Waals surface area contributed by atoms with Crippen molar-refractivity contribution in [1.82, 2.24) is 0 Å². The van der Waals surface area contributed by atoms with Gasteiger partial charge in [-0.25, -0.2) is 4.90 Å². The highest BCUT2D eigenvalue weighted by atomic mass is 79.9. The van der Waals surface area contributed by atoms with E-state index in [1.54, 1.807) is 18.2 Å². The highest BCUT2D eigenvalue weighted by molar-refractivity contribution is 9.10. The largest absolute Gasteiger partial charge is 0.269 e. The Bertz CT molecular complexity index is 466. The Balaban J connectivity index is 2.46. The molecule has 1 aromatic rings. The van der Waals surface area contributed by atoms with Gasteiger partial charge in [0.2, 0.25) is 0 Å². The predicted molar refractivity (Wildman–Crippen MR) is 60.8 cm³/mol. The first-order chi connectivity index (χ1) is 7.09. The van der Waals surface area contributed by atoms with Gasteiger partial charge >= 0.3 is 0 Å². The first kappa shape index (κ1) is 10.4. The molecule has 0 unspecified atom stereocenters. The van der Waals surface area contributed by atoms with Gasteiger partial charge < -0.3 is 0 Å². The van der Waals surface area contributed by atoms with E-state index < -0.39 is 0 Å². The molecule has 0 saturated carbocycles. The van der Waals surface area contributed by atoms with Crippen LogP contribution in [0.3, 0.4) is 0 Å². The van der Waals surface area contributed by atoms with Crippen LogP contribution in [0.15, 0.2) is 34.8 Å². The molecule has 0 fully saturated rings. The number of hydrogen-bond donors (Lipinski definition) is 0. The minimum Gasteiger partial charge on any atom is -0.269 e. The first-order valence-corrected chi connectivity index (χ1v) is 5.28. The highest BCUT2D eigenvalue weighted by Gasteiger charge is 2.26. The Morgan fingerprint density at radius 1 is 1.13 bits per heavy atom. The van der Waals surface area contributed by atoms with Crippen LogP contribution >= 0.6 is 27.5 Å². The fraction of sp³-hybridized carbons (Fsp3) is 0. The second kappa shape index (κ2) is 3.79. The lowest BCUT2D eigenvalue weighted by molar-refractivity contribution is -0.119. The maximum atomic E-state index is 11.4. The van der Waals surface area contributed by atoms with E-state index in [0.29, 0.717) is 10.7 Å². The van der Waals surface area contributed by atoms with Crippen molar-refractivity contribution >= 4 is 45.0 Å². The van der Waals surface area contributed by atoms with E-state index in [4.69, 9.17) is 11.6 Å². The van der Waals surface area contributed by atoms with Crippen LogP contribution in [0.4, 0.5) is 5.69 Å². The van der Waals surface area contributed by atoms with E-state index >= 15 is 0 Å². The Labute approximate surface area is 99.4 Å². The molecule has 5 heteroatoms. The van der Waals surface area contributed by atoms with Gasteiger partial charge in [-0.1, -0.05) is 27.5 Å². The number of carbonyl (C=O) groups is 2. The number of amides is 2. The molecule has 15 heavy (non-hydrogen) atoms. The summed E-state index contributed by atoms with van der Waals surface area (Å²) in [7, 11) is 0. The van der Waals surface area contributed by atoms with E-state index in [2.05, 4.69) is 15.9 Å². The van der Waals surface area contributed by atoms with Crippen LogP contribution in [0.2, 0.25) is 5.02 Å². The third-order valence-electron chi connectivity index (χ3n) is 1.96. The summed E-state index contributed by atoms with van der Waals surface area (Å²) in [5.41, 5.74) is 0.403. The third-order valence-corrected chi connectivity index (χ3v) is 2.76. The molecule has 1 aliphatic rings. The van der Waals surface area contributed by atoms with Crippen LogP contribution < -0.4 is 4.90 Å². The normalized spacial score (nSPS) is 15.2. The molecule has 0 radical (unpaired) electrons. The molecule has 0 spiro atoms. The topological polar surface area (TPSA) is 37.4 Å². The van der Waals surface area contributed by atoms with Crippen molar-refractivity contribution in [2.75, 3.05) is 4.90 Å². The Kier molecular flexibility index (Phi) is 2.63. The molecule has 3 nitrogen and oxygen atoms in total. The molecular weight excluding hydrogens is 281 g/mol. The molecule has 1 aliphatic heterocycles. The molecular formula is C10H5BrClNO2. The van der Waals surface area contributed by atoms with Crippen LogP contribution in [0.1, 0.15) is 0 Å². The minimum atomic E-state index is -0.371. The van der Waals surface area contributed by atoms with Crippen molar-refractivity contribution in [2.45, 2.75) is 0 Å². The number of carbonyl (C=O) groups excluding carboxylic acids is 2. The van der Waals surface area contributed by atoms with Crippen LogP contribution in [-0.4, -0.2) is 11.8 Å². The first-order valence-electron chi connectivity index (χ1n) is 4.11. The van der Waals surface area contributed by atoms with Crippen LogP contribution in [0.5, 0.6) is 0 Å². The molecule has 0 bridgehead atoms. The number of halogens is 2. The van der Waals surface area contributed by atoms with Crippen LogP contribution in [0, 0.1) is 0 Å². The van der Waals surface area contributed by atoms with Crippen LogP contribution in [0.25, 0.3) is 0 Å². The van der Waals surface area contributed by atoms with Gasteiger partial charge in [0.25, 0.3) is 11.8 Å². The van der Waals surface area contributed by atoms with Gasteiger partial charge in [-0.2, -0.15) is 0 Å². The van der Waals surface area contributed by atoms with Gasteiger partial charge in [0, 0.05) is 16.6 Å². The Morgan fingerprint density at radius 2 is 1.73 bits per heavy atom. The zero-order chi connectivity index (χ0) is 11.0. The van der Waals surface area contributed by atoms with Crippen molar-refractivity contribution in [3.63, 3.8) is 0 Å². The van der Waals surface area contributed by atoms with Gasteiger partial charge in [0.1, 0.15) is 0 Å². The molecule has 0 N–H and O–H groups in total. The average Bonchev–Trinajstić information content (AvgIpc) is 2.48. The number of anilines is 1. The molecule has 0 aromatic heterocycles. The standard InChI is InChI=1S/C10H5BrClNO2/c11-6-1-2-8(7(12)5-6)13-9(14)3-4-10(13)15/h1-5H. The summed E-state index contributed by atoms with van der Waals surface area (Å²) in [5, 5.41) is 0.356. The van der Waals surface area contributed by atoms with Crippen molar-refractivity contribution in [1.29, 1.82) is 0 Å². The molecule has 76 valence electrons. The maximum absolute atomic E-state index is 11.4. The lowest BCUT2D eigenvalue weighted by Crippen LogP contribution is -2.29. The second-order valence-corrected chi connectivity index (χ2v) is 4.26. The molecule has 1 aromatic carbocycles. The second-order valence-electron chi connectivity index (χ2n) is 2.94. The van der Waals surface area contributed by atoms with Gasteiger partial charge in [-0.05, 0) is 18.2 Å². The smallest absolute Gasteiger partial charge is 0.258 e. The fourth-order valence-electron chi connectivity index (χ4n) is 1.30. The average molecular weight is 287 g/mol. The molecule has 2 amide bonds. The molecule has 0 aliphatic carbocycles. The highest BCUT2D eigenvalue weighted by Crippen LogP contribution is 2.30. The number of hydrogen-bond acceptors (Lipinski definition) is 2. The summed E-state index contributed by atoms with van der Waals surface area (Å²) in [6.45, 7) is 0. The van der Waals surface area contributed by atoms with Gasteiger partial charge in [-0.3, -0.25) is 9.59 Å². The van der Waals surface area contributed by atoms with Gasteiger partial charge in [0.05, 0.1) is 10.7 Å². The zero-order valence-electron chi connectivity index (χ0n) is 7.41. The summed E-state index contributed by atoms with van der Waals surface area (Å²) >= 11 is 9.18. The lowest BCUT2D eigenvalue weighted by atomic mass is 10.3. The molecule has 1 heterocycles. The summed E-state index contributed by atoms with van der Waals surface area (Å²) in [5.74, 6) is -0.742. The number of nitrogens with zero attached hydrogens (tertiary/aromatic N) is 1. The minimum absolute atomic E-state index is 0.356. The number of rotatable bonds is 1. The van der Waals surface area contributed by atoms with E-state index in [1.807, 2.05) is 0 Å². The van der Waals surface area contributed by atoms with Crippen molar-refractivity contribution < 1.29 is 9.59 Å². The quantitative estimate of drug-likeness (QED) is 0.744. The SMILES string of the molecule is O=C1C=CC(=O)N1c1ccc(Br)cc1Cl. The fourth-order valence-corrected chi connectivity index (χ4v) is 2.06. The summed E-state index contributed by atoms with van der Waals surface area (Å²) in [6, 6.07) is 4.98. The van der Waals surface area contributed by atoms with Gasteiger partial charge in [-0.15, -0.1) is 0 Å². The van der Waals surface area contributed by atoms with Crippen molar-refractivity contribution in [3.05, 3.63) is 39.8 Å². The van der Waals surface area contributed by atoms with E-state index in [9.17, 15) is 9.59 Å². The third kappa shape index (κ3) is 1.82. The lowest BCUT2D eigenvalue weighted by Gasteiger charge is -2.15. The van der Waals surface area contributed by atoms with Crippen molar-refractivity contribution in [3.8, 4) is 0 Å². The number of benzene rings is 1. The number of imide groups is 1. The summed E-state index contributed by atoms with van der Waals surface area (Å²) in [6.07, 6.45) is 2.45. The van der Waals surface area contributed by atoms with E-state index in [0.717, 1.165) is 9.37 Å². The molecule has 0 atom stereocenters. The van der Waals surface area contributed by atoms with Crippen molar-refractivity contribution in [2.24, 2.45) is 0 Å². The van der Waals surface area contributed by atoms with E-state index in [1.165, 1.54) is 12.2 Å². The Morgan fingerprint density at radius 3 is 2.27 bits per heavy atom. The zero-order valence-corrected chi connectivity index (χ0v) is 9.75. The van der Waals surface area contributed by atoms with Gasteiger partial charge in [0.15, 0.2) is 0 Å². The summed E-state index contributed by atoms with van der Waals surface area (Å²) in [4.78, 5) is 23.8. The molecule has 2 rings (SSSR count). The Hall–Kier alpha value is -1.13. The maximum Gasteiger partial charge on any atom is 0.258 e. The van der Waals surface area contributed by atoms with E-state index in [-0.39, 0.29) is 11.8 Å². The summed E-state index contributed by atoms with van der Waals surface area (Å²) < 4.78 is 0.795. The monoisotopic (exact) mass is 285 g/mol. The molecule has 0 saturated heterocycles. The van der Waals surface area contributed by atoms with Crippen LogP contribution in [-0.2, 0) is 9.59 Å². The predicted octanol–water partition coefficient (Wildman–Crippen LogP) is 2.53.